The van der Waals surface area contributed by atoms with Gasteiger partial charge in [-0.05, 0) is 26.8 Å². The Morgan fingerprint density at radius 3 is 2.81 bits per heavy atom. The number of methoxy groups -OCH3 is 1. The van der Waals surface area contributed by atoms with Crippen LogP contribution in [-0.2, 0) is 14.3 Å². The van der Waals surface area contributed by atoms with Crippen molar-refractivity contribution in [2.75, 3.05) is 20.8 Å². The summed E-state index contributed by atoms with van der Waals surface area (Å²) >= 11 is 0. The molecule has 1 rings (SSSR count). The van der Waals surface area contributed by atoms with Crippen molar-refractivity contribution in [3.05, 3.63) is 0 Å². The van der Waals surface area contributed by atoms with E-state index in [0.717, 1.165) is 12.8 Å². The number of hydrogen-bond donors (Lipinski definition) is 2. The number of likely N-dealkylation sites (N-methyl/N-ethyl adjacent to an activating group) is 1. The van der Waals surface area contributed by atoms with Crippen LogP contribution in [0.25, 0.3) is 0 Å². The van der Waals surface area contributed by atoms with Crippen LogP contribution in [0.1, 0.15) is 26.2 Å². The monoisotopic (exact) mass is 230 g/mol. The van der Waals surface area contributed by atoms with E-state index < -0.39 is 5.54 Å². The summed E-state index contributed by atoms with van der Waals surface area (Å²) in [5.41, 5.74) is 4.83. The summed E-state index contributed by atoms with van der Waals surface area (Å²) < 4.78 is 10.8. The standard InChI is InChI=1S/C11H22N2O3/c1-8(7-15-3)16-9-4-5-11(6-9,13-2)10(12)14/h8-9,13H,4-7H2,1-3H3,(H2,12,14). The molecule has 0 aliphatic heterocycles. The summed E-state index contributed by atoms with van der Waals surface area (Å²) in [5, 5.41) is 3.03. The second-order valence-corrected chi connectivity index (χ2v) is 4.46. The lowest BCUT2D eigenvalue weighted by Gasteiger charge is -2.25. The van der Waals surface area contributed by atoms with Crippen LogP contribution in [0.2, 0.25) is 0 Å². The number of carbonyl (C=O) groups excluding carboxylic acids is 1. The van der Waals surface area contributed by atoms with Gasteiger partial charge >= 0.3 is 0 Å². The molecule has 5 nitrogen and oxygen atoms in total. The van der Waals surface area contributed by atoms with Crippen LogP contribution < -0.4 is 11.1 Å². The highest BCUT2D eigenvalue weighted by atomic mass is 16.5. The van der Waals surface area contributed by atoms with Crippen molar-refractivity contribution in [2.24, 2.45) is 5.73 Å². The fraction of sp³-hybridized carbons (Fsp3) is 0.909. The van der Waals surface area contributed by atoms with Crippen LogP contribution in [0.4, 0.5) is 0 Å². The van der Waals surface area contributed by atoms with Gasteiger partial charge in [0.1, 0.15) is 0 Å². The first-order chi connectivity index (χ1) is 7.54. The quantitative estimate of drug-likeness (QED) is 0.675. The van der Waals surface area contributed by atoms with Gasteiger partial charge in [-0.1, -0.05) is 0 Å². The third-order valence-electron chi connectivity index (χ3n) is 3.25. The maximum absolute atomic E-state index is 11.4. The summed E-state index contributed by atoms with van der Waals surface area (Å²) in [4.78, 5) is 11.4. The number of rotatable bonds is 6. The van der Waals surface area contributed by atoms with E-state index in [1.807, 2.05) is 6.92 Å². The van der Waals surface area contributed by atoms with Crippen LogP contribution in [0.15, 0.2) is 0 Å². The van der Waals surface area contributed by atoms with Crippen molar-refractivity contribution in [3.63, 3.8) is 0 Å². The predicted molar refractivity (Wildman–Crippen MR) is 61.0 cm³/mol. The Morgan fingerprint density at radius 2 is 2.38 bits per heavy atom. The second-order valence-electron chi connectivity index (χ2n) is 4.46. The number of amides is 1. The van der Waals surface area contributed by atoms with Crippen molar-refractivity contribution in [1.29, 1.82) is 0 Å². The summed E-state index contributed by atoms with van der Waals surface area (Å²) in [6.45, 7) is 2.53. The van der Waals surface area contributed by atoms with Gasteiger partial charge in [0.05, 0.1) is 24.4 Å². The first kappa shape index (κ1) is 13.4. The van der Waals surface area contributed by atoms with Gasteiger partial charge in [0.25, 0.3) is 0 Å². The van der Waals surface area contributed by atoms with Crippen molar-refractivity contribution in [1.82, 2.24) is 5.32 Å². The lowest BCUT2D eigenvalue weighted by molar-refractivity contribution is -0.124. The lowest BCUT2D eigenvalue weighted by atomic mass is 9.97. The van der Waals surface area contributed by atoms with Gasteiger partial charge in [0, 0.05) is 13.5 Å². The van der Waals surface area contributed by atoms with Crippen LogP contribution in [-0.4, -0.2) is 44.4 Å². The predicted octanol–water partition coefficient (Wildman–Crippen LogP) is 0.0339. The van der Waals surface area contributed by atoms with Gasteiger partial charge in [-0.2, -0.15) is 0 Å². The molecule has 1 amide bonds. The Hall–Kier alpha value is -0.650. The van der Waals surface area contributed by atoms with E-state index in [2.05, 4.69) is 5.32 Å². The highest BCUT2D eigenvalue weighted by molar-refractivity contribution is 5.85. The molecule has 0 heterocycles. The van der Waals surface area contributed by atoms with E-state index in [1.54, 1.807) is 14.2 Å². The number of nitrogens with two attached hydrogens (primary N) is 1. The number of carbonyl (C=O) groups is 1. The molecule has 0 radical (unpaired) electrons. The first-order valence-electron chi connectivity index (χ1n) is 5.67. The van der Waals surface area contributed by atoms with Gasteiger partial charge < -0.3 is 20.5 Å². The summed E-state index contributed by atoms with van der Waals surface area (Å²) in [6.07, 6.45) is 2.38. The van der Waals surface area contributed by atoms with Gasteiger partial charge in [-0.3, -0.25) is 4.79 Å². The maximum atomic E-state index is 11.4. The van der Waals surface area contributed by atoms with E-state index in [0.29, 0.717) is 13.0 Å². The van der Waals surface area contributed by atoms with Crippen molar-refractivity contribution < 1.29 is 14.3 Å². The van der Waals surface area contributed by atoms with E-state index in [1.165, 1.54) is 0 Å². The average Bonchev–Trinajstić information content (AvgIpc) is 2.63. The number of ether oxygens (including phenoxy) is 2. The fourth-order valence-corrected chi connectivity index (χ4v) is 2.29. The second kappa shape index (κ2) is 5.61. The zero-order valence-corrected chi connectivity index (χ0v) is 10.3. The summed E-state index contributed by atoms with van der Waals surface area (Å²) in [7, 11) is 3.42. The van der Waals surface area contributed by atoms with Crippen LogP contribution in [0, 0.1) is 0 Å². The van der Waals surface area contributed by atoms with Crippen molar-refractivity contribution >= 4 is 5.91 Å². The van der Waals surface area contributed by atoms with Crippen LogP contribution in [0.3, 0.4) is 0 Å². The summed E-state index contributed by atoms with van der Waals surface area (Å²) in [6, 6.07) is 0. The molecule has 5 heteroatoms. The SMILES string of the molecule is CNC1(C(N)=O)CCC(OC(C)COC)C1. The zero-order chi connectivity index (χ0) is 12.2. The third-order valence-corrected chi connectivity index (χ3v) is 3.25. The zero-order valence-electron chi connectivity index (χ0n) is 10.3. The van der Waals surface area contributed by atoms with E-state index in [9.17, 15) is 4.79 Å². The van der Waals surface area contributed by atoms with E-state index >= 15 is 0 Å². The molecule has 0 saturated heterocycles. The van der Waals surface area contributed by atoms with E-state index in [-0.39, 0.29) is 18.1 Å². The third kappa shape index (κ3) is 2.93. The Morgan fingerprint density at radius 1 is 1.69 bits per heavy atom. The minimum Gasteiger partial charge on any atom is -0.382 e. The fourth-order valence-electron chi connectivity index (χ4n) is 2.29. The average molecular weight is 230 g/mol. The number of nitrogens with one attached hydrogen (secondary N) is 1. The lowest BCUT2D eigenvalue weighted by Crippen LogP contribution is -2.52. The molecule has 0 aromatic rings. The minimum absolute atomic E-state index is 0.0514. The molecule has 0 aromatic heterocycles. The molecule has 16 heavy (non-hydrogen) atoms. The Bertz CT molecular complexity index is 247. The molecule has 1 aliphatic carbocycles. The largest absolute Gasteiger partial charge is 0.382 e. The molecule has 3 unspecified atom stereocenters. The van der Waals surface area contributed by atoms with Crippen molar-refractivity contribution in [2.45, 2.75) is 43.9 Å². The molecule has 1 saturated carbocycles. The van der Waals surface area contributed by atoms with Gasteiger partial charge in [0.2, 0.25) is 5.91 Å². The van der Waals surface area contributed by atoms with Gasteiger partial charge in [-0.25, -0.2) is 0 Å². The topological polar surface area (TPSA) is 73.6 Å². The number of hydrogen-bond acceptors (Lipinski definition) is 4. The highest BCUT2D eigenvalue weighted by Crippen LogP contribution is 2.32. The molecule has 0 aromatic carbocycles. The normalized spacial score (nSPS) is 31.6. The number of primary amides is 1. The Labute approximate surface area is 96.7 Å². The molecule has 1 fully saturated rings. The van der Waals surface area contributed by atoms with Crippen molar-refractivity contribution in [3.8, 4) is 0 Å². The smallest absolute Gasteiger partial charge is 0.237 e. The first-order valence-corrected chi connectivity index (χ1v) is 5.67. The molecule has 1 aliphatic rings. The Kier molecular flexibility index (Phi) is 4.70. The van der Waals surface area contributed by atoms with Gasteiger partial charge in [-0.15, -0.1) is 0 Å². The van der Waals surface area contributed by atoms with Crippen LogP contribution in [0.5, 0.6) is 0 Å². The molecule has 3 N–H and O–H groups in total. The maximum Gasteiger partial charge on any atom is 0.237 e. The molecule has 94 valence electrons. The molecule has 0 spiro atoms. The Balaban J connectivity index is 2.48. The van der Waals surface area contributed by atoms with E-state index in [4.69, 9.17) is 15.2 Å². The molecule has 0 bridgehead atoms. The summed E-state index contributed by atoms with van der Waals surface area (Å²) in [5.74, 6) is -0.291. The van der Waals surface area contributed by atoms with Crippen LogP contribution >= 0.6 is 0 Å². The highest BCUT2D eigenvalue weighted by Gasteiger charge is 2.43. The molecular formula is C11H22N2O3. The van der Waals surface area contributed by atoms with Gasteiger partial charge in [0.15, 0.2) is 0 Å². The molecular weight excluding hydrogens is 208 g/mol. The minimum atomic E-state index is -0.586. The molecule has 3 atom stereocenters.